The van der Waals surface area contributed by atoms with Crippen LogP contribution in [0.4, 0.5) is 0 Å². The SMILES string of the molecule is CC(=O)O[C@H]1C=C[C@@]2(C)C(=CCC3C2CC[C@@]2(C)C3CCC23OCCO3)C1. The van der Waals surface area contributed by atoms with E-state index in [-0.39, 0.29) is 28.7 Å². The van der Waals surface area contributed by atoms with Gasteiger partial charge >= 0.3 is 5.97 Å². The average molecular weight is 373 g/mol. The first-order valence-electron chi connectivity index (χ1n) is 10.7. The lowest BCUT2D eigenvalue weighted by molar-refractivity contribution is -0.241. The lowest BCUT2D eigenvalue weighted by Crippen LogP contribution is -2.54. The van der Waals surface area contributed by atoms with E-state index >= 15 is 0 Å². The summed E-state index contributed by atoms with van der Waals surface area (Å²) in [6.07, 6.45) is 13.5. The first kappa shape index (κ1) is 17.9. The Hall–Kier alpha value is -1.13. The molecule has 6 atom stereocenters. The zero-order chi connectivity index (χ0) is 18.9. The Balaban J connectivity index is 1.44. The van der Waals surface area contributed by atoms with Gasteiger partial charge in [-0.25, -0.2) is 0 Å². The summed E-state index contributed by atoms with van der Waals surface area (Å²) in [6, 6.07) is 0. The lowest BCUT2D eigenvalue weighted by atomic mass is 9.49. The Morgan fingerprint density at radius 2 is 1.89 bits per heavy atom. The summed E-state index contributed by atoms with van der Waals surface area (Å²) in [6.45, 7) is 7.84. The number of hydrogen-bond acceptors (Lipinski definition) is 4. The van der Waals surface area contributed by atoms with Gasteiger partial charge in [0.05, 0.1) is 13.2 Å². The number of ether oxygens (including phenoxy) is 3. The Morgan fingerprint density at radius 1 is 1.15 bits per heavy atom. The normalized spacial score (nSPS) is 47.1. The molecule has 0 aromatic rings. The number of carbonyl (C=O) groups excluding carboxylic acids is 1. The molecule has 4 aliphatic carbocycles. The molecule has 0 aromatic heterocycles. The highest BCUT2D eigenvalue weighted by Crippen LogP contribution is 2.68. The van der Waals surface area contributed by atoms with Crippen LogP contribution in [0.5, 0.6) is 0 Å². The van der Waals surface area contributed by atoms with Crippen molar-refractivity contribution in [3.05, 3.63) is 23.8 Å². The van der Waals surface area contributed by atoms with E-state index in [1.807, 2.05) is 0 Å². The third-order valence-corrected chi connectivity index (χ3v) is 8.73. The Labute approximate surface area is 162 Å². The molecule has 3 fully saturated rings. The zero-order valence-electron chi connectivity index (χ0n) is 16.8. The van der Waals surface area contributed by atoms with Gasteiger partial charge in [0.2, 0.25) is 0 Å². The highest BCUT2D eigenvalue weighted by molar-refractivity contribution is 5.66. The van der Waals surface area contributed by atoms with E-state index in [9.17, 15) is 4.79 Å². The van der Waals surface area contributed by atoms with Gasteiger partial charge in [0, 0.05) is 30.6 Å². The first-order chi connectivity index (χ1) is 12.9. The van der Waals surface area contributed by atoms with Gasteiger partial charge in [0.25, 0.3) is 0 Å². The van der Waals surface area contributed by atoms with Crippen LogP contribution >= 0.6 is 0 Å². The summed E-state index contributed by atoms with van der Waals surface area (Å²) in [5.74, 6) is 1.52. The van der Waals surface area contributed by atoms with Crippen molar-refractivity contribution in [2.24, 2.45) is 28.6 Å². The maximum atomic E-state index is 11.4. The number of esters is 1. The van der Waals surface area contributed by atoms with Gasteiger partial charge in [-0.05, 0) is 49.5 Å². The molecule has 4 nitrogen and oxygen atoms in total. The molecule has 1 aliphatic heterocycles. The monoisotopic (exact) mass is 372 g/mol. The van der Waals surface area contributed by atoms with E-state index in [1.54, 1.807) is 0 Å². The number of carbonyl (C=O) groups is 1. The van der Waals surface area contributed by atoms with Gasteiger partial charge in [0.1, 0.15) is 6.10 Å². The predicted molar refractivity (Wildman–Crippen MR) is 102 cm³/mol. The molecule has 5 rings (SSSR count). The van der Waals surface area contributed by atoms with Crippen molar-refractivity contribution in [3.8, 4) is 0 Å². The molecule has 2 saturated carbocycles. The van der Waals surface area contributed by atoms with Gasteiger partial charge in [-0.2, -0.15) is 0 Å². The maximum absolute atomic E-state index is 11.4. The molecule has 3 unspecified atom stereocenters. The van der Waals surface area contributed by atoms with Crippen LogP contribution in [0.1, 0.15) is 59.3 Å². The molecular formula is C23H32O4. The molecule has 0 radical (unpaired) electrons. The molecule has 1 spiro atoms. The van der Waals surface area contributed by atoms with Crippen LogP contribution in [0.25, 0.3) is 0 Å². The van der Waals surface area contributed by atoms with Gasteiger partial charge < -0.3 is 14.2 Å². The molecule has 0 bridgehead atoms. The van der Waals surface area contributed by atoms with E-state index in [0.717, 1.165) is 32.5 Å². The van der Waals surface area contributed by atoms with Crippen molar-refractivity contribution in [1.29, 1.82) is 0 Å². The van der Waals surface area contributed by atoms with Crippen LogP contribution in [0.15, 0.2) is 23.8 Å². The van der Waals surface area contributed by atoms with Crippen LogP contribution in [-0.4, -0.2) is 31.1 Å². The average Bonchev–Trinajstić information content (AvgIpc) is 3.21. The third-order valence-electron chi connectivity index (χ3n) is 8.73. The maximum Gasteiger partial charge on any atom is 0.303 e. The predicted octanol–water partition coefficient (Wildman–Crippen LogP) is 4.40. The highest BCUT2D eigenvalue weighted by atomic mass is 16.7. The zero-order valence-corrected chi connectivity index (χ0v) is 16.8. The second-order valence-electron chi connectivity index (χ2n) is 9.78. The van der Waals surface area contributed by atoms with Crippen molar-refractivity contribution >= 4 is 5.97 Å². The van der Waals surface area contributed by atoms with Crippen LogP contribution < -0.4 is 0 Å². The minimum absolute atomic E-state index is 0.0951. The molecule has 27 heavy (non-hydrogen) atoms. The Bertz CT molecular complexity index is 703. The van der Waals surface area contributed by atoms with Crippen molar-refractivity contribution in [2.75, 3.05) is 13.2 Å². The van der Waals surface area contributed by atoms with Gasteiger partial charge in [0.15, 0.2) is 5.79 Å². The van der Waals surface area contributed by atoms with Crippen molar-refractivity contribution in [1.82, 2.24) is 0 Å². The number of fused-ring (bicyclic) bond motifs is 6. The summed E-state index contributed by atoms with van der Waals surface area (Å²) in [5.41, 5.74) is 1.72. The summed E-state index contributed by atoms with van der Waals surface area (Å²) in [5, 5.41) is 0. The Morgan fingerprint density at radius 3 is 2.63 bits per heavy atom. The fourth-order valence-corrected chi connectivity index (χ4v) is 7.40. The second kappa shape index (κ2) is 5.93. The molecule has 5 aliphatic rings. The van der Waals surface area contributed by atoms with Crippen molar-refractivity contribution in [3.63, 3.8) is 0 Å². The largest absolute Gasteiger partial charge is 0.458 e. The fourth-order valence-electron chi connectivity index (χ4n) is 7.40. The van der Waals surface area contributed by atoms with E-state index in [4.69, 9.17) is 14.2 Å². The van der Waals surface area contributed by atoms with Crippen molar-refractivity contribution < 1.29 is 19.0 Å². The number of allylic oxidation sites excluding steroid dienone is 2. The molecule has 0 amide bonds. The quantitative estimate of drug-likeness (QED) is 0.505. The lowest BCUT2D eigenvalue weighted by Gasteiger charge is -2.57. The third kappa shape index (κ3) is 2.38. The van der Waals surface area contributed by atoms with Gasteiger partial charge in [-0.3, -0.25) is 4.79 Å². The van der Waals surface area contributed by atoms with Crippen LogP contribution in [-0.2, 0) is 19.0 Å². The van der Waals surface area contributed by atoms with E-state index in [2.05, 4.69) is 32.1 Å². The second-order valence-corrected chi connectivity index (χ2v) is 9.78. The van der Waals surface area contributed by atoms with E-state index in [1.165, 1.54) is 31.8 Å². The summed E-state index contributed by atoms with van der Waals surface area (Å²) >= 11 is 0. The smallest absolute Gasteiger partial charge is 0.303 e. The van der Waals surface area contributed by atoms with Gasteiger partial charge in [-0.1, -0.05) is 31.6 Å². The summed E-state index contributed by atoms with van der Waals surface area (Å²) in [4.78, 5) is 11.4. The van der Waals surface area contributed by atoms with E-state index in [0.29, 0.717) is 17.8 Å². The standard InChI is InChI=1S/C23H32O4/c1-15(24)27-17-6-9-21(2)16(14-17)4-5-18-19(21)7-10-22(3)20(18)8-11-23(22)25-12-13-26-23/h4,6,9,17-20H,5,7-8,10-14H2,1-3H3/t17-,18?,19?,20?,21-,22-/m0/s1. The minimum atomic E-state index is -0.323. The molecule has 148 valence electrons. The molecule has 1 saturated heterocycles. The molecule has 4 heteroatoms. The molecule has 0 aromatic carbocycles. The van der Waals surface area contributed by atoms with Crippen LogP contribution in [0, 0.1) is 28.6 Å². The fraction of sp³-hybridized carbons (Fsp3) is 0.783. The van der Waals surface area contributed by atoms with E-state index < -0.39 is 0 Å². The highest BCUT2D eigenvalue weighted by Gasteiger charge is 2.66. The molecular weight excluding hydrogens is 340 g/mol. The summed E-state index contributed by atoms with van der Waals surface area (Å²) in [7, 11) is 0. The molecule has 1 heterocycles. The summed E-state index contributed by atoms with van der Waals surface area (Å²) < 4.78 is 17.9. The number of rotatable bonds is 1. The minimum Gasteiger partial charge on any atom is -0.458 e. The Kier molecular flexibility index (Phi) is 3.94. The van der Waals surface area contributed by atoms with Crippen LogP contribution in [0.3, 0.4) is 0 Å². The first-order valence-corrected chi connectivity index (χ1v) is 10.7. The van der Waals surface area contributed by atoms with Crippen LogP contribution in [0.2, 0.25) is 0 Å². The van der Waals surface area contributed by atoms with Crippen molar-refractivity contribution in [2.45, 2.75) is 71.2 Å². The van der Waals surface area contributed by atoms with Gasteiger partial charge in [-0.15, -0.1) is 0 Å². The molecule has 0 N–H and O–H groups in total. The number of hydrogen-bond donors (Lipinski definition) is 0. The topological polar surface area (TPSA) is 44.8 Å².